The molecule has 0 aromatic carbocycles. The molecule has 17 heavy (non-hydrogen) atoms. The third-order valence-electron chi connectivity index (χ3n) is 3.57. The van der Waals surface area contributed by atoms with Gasteiger partial charge in [-0.1, -0.05) is 13.8 Å². The molecule has 2 rings (SSSR count). The summed E-state index contributed by atoms with van der Waals surface area (Å²) in [4.78, 5) is 22.8. The van der Waals surface area contributed by atoms with Gasteiger partial charge in [-0.05, 0) is 36.3 Å². The number of nitrogens with zero attached hydrogens (tertiary/aromatic N) is 1. The summed E-state index contributed by atoms with van der Waals surface area (Å²) >= 11 is 0. The van der Waals surface area contributed by atoms with Crippen molar-refractivity contribution in [2.24, 2.45) is 12.5 Å². The SMILES string of the molecule is Cn1c2c(cc(C(=O)O)c1=O)CC(C)(C)CC2. The molecule has 0 unspecified atom stereocenters. The van der Waals surface area contributed by atoms with E-state index in [0.29, 0.717) is 0 Å². The van der Waals surface area contributed by atoms with Gasteiger partial charge in [0.15, 0.2) is 0 Å². The Balaban J connectivity index is 2.63. The summed E-state index contributed by atoms with van der Waals surface area (Å²) < 4.78 is 1.49. The van der Waals surface area contributed by atoms with E-state index in [9.17, 15) is 9.59 Å². The molecule has 1 heterocycles. The van der Waals surface area contributed by atoms with Crippen LogP contribution >= 0.6 is 0 Å². The van der Waals surface area contributed by atoms with Crippen molar-refractivity contribution in [3.63, 3.8) is 0 Å². The smallest absolute Gasteiger partial charge is 0.341 e. The van der Waals surface area contributed by atoms with Crippen molar-refractivity contribution in [2.45, 2.75) is 33.1 Å². The van der Waals surface area contributed by atoms with Crippen molar-refractivity contribution in [3.05, 3.63) is 33.2 Å². The van der Waals surface area contributed by atoms with E-state index in [-0.39, 0.29) is 11.0 Å². The van der Waals surface area contributed by atoms with Crippen LogP contribution in [0.15, 0.2) is 10.9 Å². The maximum Gasteiger partial charge on any atom is 0.341 e. The second kappa shape index (κ2) is 3.72. The quantitative estimate of drug-likeness (QED) is 0.804. The minimum Gasteiger partial charge on any atom is -0.477 e. The molecule has 4 heteroatoms. The van der Waals surface area contributed by atoms with Crippen molar-refractivity contribution >= 4 is 5.97 Å². The normalized spacial score (nSPS) is 17.6. The van der Waals surface area contributed by atoms with E-state index in [1.54, 1.807) is 13.1 Å². The van der Waals surface area contributed by atoms with Crippen molar-refractivity contribution in [1.29, 1.82) is 0 Å². The number of aromatic carboxylic acids is 1. The molecule has 1 N–H and O–H groups in total. The zero-order valence-corrected chi connectivity index (χ0v) is 10.4. The monoisotopic (exact) mass is 235 g/mol. The van der Waals surface area contributed by atoms with E-state index in [1.807, 2.05) is 0 Å². The molecule has 1 aliphatic rings. The van der Waals surface area contributed by atoms with Crippen molar-refractivity contribution in [1.82, 2.24) is 4.57 Å². The minimum atomic E-state index is -1.14. The molecule has 0 radical (unpaired) electrons. The van der Waals surface area contributed by atoms with Crippen LogP contribution in [0.5, 0.6) is 0 Å². The van der Waals surface area contributed by atoms with Crippen LogP contribution in [0.4, 0.5) is 0 Å². The van der Waals surface area contributed by atoms with Gasteiger partial charge in [0.05, 0.1) is 0 Å². The first-order valence-electron chi connectivity index (χ1n) is 5.77. The highest BCUT2D eigenvalue weighted by atomic mass is 16.4. The number of hydrogen-bond acceptors (Lipinski definition) is 2. The highest BCUT2D eigenvalue weighted by molar-refractivity contribution is 5.87. The first-order valence-corrected chi connectivity index (χ1v) is 5.77. The van der Waals surface area contributed by atoms with Gasteiger partial charge in [-0.25, -0.2) is 4.79 Å². The molecule has 0 spiro atoms. The molecule has 0 fully saturated rings. The standard InChI is InChI=1S/C13H17NO3/c1-13(2)5-4-10-8(7-13)6-9(12(16)17)11(15)14(10)3/h6H,4-5,7H2,1-3H3,(H,16,17). The average Bonchev–Trinajstić information content (AvgIpc) is 2.21. The summed E-state index contributed by atoms with van der Waals surface area (Å²) in [6.07, 6.45) is 2.70. The second-order valence-electron chi connectivity index (χ2n) is 5.54. The first-order chi connectivity index (χ1) is 7.82. The summed E-state index contributed by atoms with van der Waals surface area (Å²) in [6.45, 7) is 4.34. The lowest BCUT2D eigenvalue weighted by Gasteiger charge is -2.32. The van der Waals surface area contributed by atoms with Gasteiger partial charge in [0.25, 0.3) is 5.56 Å². The van der Waals surface area contributed by atoms with Gasteiger partial charge < -0.3 is 9.67 Å². The molecule has 0 saturated heterocycles. The van der Waals surface area contributed by atoms with Crippen LogP contribution in [0.1, 0.15) is 41.9 Å². The van der Waals surface area contributed by atoms with Crippen LogP contribution in [0, 0.1) is 5.41 Å². The number of aromatic nitrogens is 1. The van der Waals surface area contributed by atoms with Crippen LogP contribution < -0.4 is 5.56 Å². The third-order valence-corrected chi connectivity index (χ3v) is 3.57. The number of hydrogen-bond donors (Lipinski definition) is 1. The van der Waals surface area contributed by atoms with Gasteiger partial charge in [0, 0.05) is 12.7 Å². The lowest BCUT2D eigenvalue weighted by molar-refractivity contribution is 0.0693. The maximum atomic E-state index is 11.8. The van der Waals surface area contributed by atoms with Gasteiger partial charge in [0.2, 0.25) is 0 Å². The van der Waals surface area contributed by atoms with E-state index >= 15 is 0 Å². The fourth-order valence-electron chi connectivity index (χ4n) is 2.53. The number of rotatable bonds is 1. The van der Waals surface area contributed by atoms with Crippen molar-refractivity contribution in [3.8, 4) is 0 Å². The molecule has 92 valence electrons. The highest BCUT2D eigenvalue weighted by Gasteiger charge is 2.28. The predicted octanol–water partition coefficient (Wildman–Crippen LogP) is 1.60. The molecule has 0 saturated carbocycles. The Labute approximate surface area is 99.9 Å². The van der Waals surface area contributed by atoms with E-state index in [4.69, 9.17) is 5.11 Å². The predicted molar refractivity (Wildman–Crippen MR) is 64.4 cm³/mol. The Morgan fingerprint density at radius 1 is 1.47 bits per heavy atom. The van der Waals surface area contributed by atoms with Crippen LogP contribution in [-0.2, 0) is 19.9 Å². The lowest BCUT2D eigenvalue weighted by Crippen LogP contribution is -2.33. The van der Waals surface area contributed by atoms with Crippen LogP contribution in [0.25, 0.3) is 0 Å². The zero-order valence-electron chi connectivity index (χ0n) is 10.4. The maximum absolute atomic E-state index is 11.8. The second-order valence-corrected chi connectivity index (χ2v) is 5.54. The molecule has 0 bridgehead atoms. The summed E-state index contributed by atoms with van der Waals surface area (Å²) in [6, 6.07) is 1.56. The first kappa shape index (κ1) is 11.9. The fourth-order valence-corrected chi connectivity index (χ4v) is 2.53. The topological polar surface area (TPSA) is 59.3 Å². The summed E-state index contributed by atoms with van der Waals surface area (Å²) in [5.74, 6) is -1.14. The number of carbonyl (C=O) groups is 1. The number of fused-ring (bicyclic) bond motifs is 1. The molecule has 1 aromatic rings. The molecule has 1 aromatic heterocycles. The summed E-state index contributed by atoms with van der Waals surface area (Å²) in [5, 5.41) is 9.01. The molecule has 1 aliphatic carbocycles. The molecule has 0 atom stereocenters. The van der Waals surface area contributed by atoms with Crippen LogP contribution in [0.2, 0.25) is 0 Å². The minimum absolute atomic E-state index is 0.121. The van der Waals surface area contributed by atoms with Gasteiger partial charge in [0.1, 0.15) is 5.56 Å². The fraction of sp³-hybridized carbons (Fsp3) is 0.538. The van der Waals surface area contributed by atoms with Gasteiger partial charge in [-0.15, -0.1) is 0 Å². The highest BCUT2D eigenvalue weighted by Crippen LogP contribution is 2.34. The van der Waals surface area contributed by atoms with E-state index in [2.05, 4.69) is 13.8 Å². The Kier molecular flexibility index (Phi) is 2.60. The van der Waals surface area contributed by atoms with Crippen LogP contribution in [0.3, 0.4) is 0 Å². The van der Waals surface area contributed by atoms with Crippen molar-refractivity contribution < 1.29 is 9.90 Å². The van der Waals surface area contributed by atoms with Crippen molar-refractivity contribution in [2.75, 3.05) is 0 Å². The number of carboxylic acid groups (broad SMARTS) is 1. The van der Waals surface area contributed by atoms with Crippen LogP contribution in [-0.4, -0.2) is 15.6 Å². The number of carboxylic acids is 1. The van der Waals surface area contributed by atoms with E-state index < -0.39 is 11.5 Å². The Morgan fingerprint density at radius 2 is 2.12 bits per heavy atom. The molecule has 0 amide bonds. The van der Waals surface area contributed by atoms with E-state index in [1.165, 1.54) is 4.57 Å². The van der Waals surface area contributed by atoms with E-state index in [0.717, 1.165) is 30.5 Å². The molecular weight excluding hydrogens is 218 g/mol. The largest absolute Gasteiger partial charge is 0.477 e. The van der Waals surface area contributed by atoms with Gasteiger partial charge in [-0.2, -0.15) is 0 Å². The summed E-state index contributed by atoms with van der Waals surface area (Å²) in [7, 11) is 1.66. The molecular formula is C13H17NO3. The number of pyridine rings is 1. The Morgan fingerprint density at radius 3 is 2.71 bits per heavy atom. The van der Waals surface area contributed by atoms with Gasteiger partial charge in [-0.3, -0.25) is 4.79 Å². The zero-order chi connectivity index (χ0) is 12.8. The lowest BCUT2D eigenvalue weighted by atomic mass is 9.75. The average molecular weight is 235 g/mol. The Hall–Kier alpha value is -1.58. The Bertz CT molecular complexity index is 540. The molecule has 0 aliphatic heterocycles. The van der Waals surface area contributed by atoms with Gasteiger partial charge >= 0.3 is 5.97 Å². The summed E-state index contributed by atoms with van der Waals surface area (Å²) in [5.41, 5.74) is 1.64. The third kappa shape index (κ3) is 1.99. The molecule has 4 nitrogen and oxygen atoms in total.